The molecule has 1 aromatic carbocycles. The predicted octanol–water partition coefficient (Wildman–Crippen LogP) is 0.923. The monoisotopic (exact) mass is 280 g/mol. The van der Waals surface area contributed by atoms with Crippen molar-refractivity contribution in [3.63, 3.8) is 0 Å². The molecule has 2 atom stereocenters. The average Bonchev–Trinajstić information content (AvgIpc) is 2.73. The van der Waals surface area contributed by atoms with Gasteiger partial charge in [-0.1, -0.05) is 12.1 Å². The number of aliphatic hydroxyl groups is 1. The molecule has 108 valence electrons. The summed E-state index contributed by atoms with van der Waals surface area (Å²) in [5.41, 5.74) is 1.26. The number of hydrogen-bond donors (Lipinski definition) is 2. The van der Waals surface area contributed by atoms with Gasteiger partial charge in [-0.15, -0.1) is 0 Å². The van der Waals surface area contributed by atoms with Gasteiger partial charge in [-0.25, -0.2) is 0 Å². The van der Waals surface area contributed by atoms with Crippen LogP contribution in [0.25, 0.3) is 0 Å². The Kier molecular flexibility index (Phi) is 4.01. The topological polar surface area (TPSA) is 104 Å². The molecule has 1 aliphatic heterocycles. The zero-order valence-corrected chi connectivity index (χ0v) is 11.0. The normalized spacial score (nSPS) is 22.9. The van der Waals surface area contributed by atoms with Crippen molar-refractivity contribution < 1.29 is 19.9 Å². The van der Waals surface area contributed by atoms with E-state index in [0.29, 0.717) is 11.1 Å². The fourth-order valence-corrected chi connectivity index (χ4v) is 2.57. The van der Waals surface area contributed by atoms with Crippen molar-refractivity contribution in [2.45, 2.75) is 32.0 Å². The number of rotatable bonds is 4. The minimum absolute atomic E-state index is 0.0223. The number of carbonyl (C=O) groups is 1. The Morgan fingerprint density at radius 3 is 2.85 bits per heavy atom. The minimum atomic E-state index is -0.982. The highest BCUT2D eigenvalue weighted by Gasteiger charge is 2.36. The van der Waals surface area contributed by atoms with Gasteiger partial charge in [0.15, 0.2) is 0 Å². The fraction of sp³-hybridized carbons (Fsp3) is 0.462. The number of nitro groups is 1. The van der Waals surface area contributed by atoms with Crippen molar-refractivity contribution in [1.82, 2.24) is 4.90 Å². The third-order valence-corrected chi connectivity index (χ3v) is 3.65. The van der Waals surface area contributed by atoms with Gasteiger partial charge in [0.1, 0.15) is 6.04 Å². The molecule has 2 N–H and O–H groups in total. The van der Waals surface area contributed by atoms with Crippen molar-refractivity contribution in [2.24, 2.45) is 0 Å². The molecule has 1 saturated heterocycles. The van der Waals surface area contributed by atoms with Crippen LogP contribution in [0.5, 0.6) is 0 Å². The Bertz CT molecular complexity index is 546. The Hall–Kier alpha value is -1.99. The molecule has 1 fully saturated rings. The number of hydrogen-bond acceptors (Lipinski definition) is 5. The van der Waals surface area contributed by atoms with Crippen LogP contribution in [0.15, 0.2) is 18.2 Å². The van der Waals surface area contributed by atoms with E-state index in [9.17, 15) is 20.0 Å². The molecule has 7 heteroatoms. The van der Waals surface area contributed by atoms with E-state index in [1.807, 2.05) is 0 Å². The molecule has 0 aliphatic carbocycles. The lowest BCUT2D eigenvalue weighted by Gasteiger charge is -2.21. The molecule has 0 amide bonds. The molecule has 0 saturated carbocycles. The van der Waals surface area contributed by atoms with Crippen LogP contribution in [-0.2, 0) is 11.3 Å². The molecular weight excluding hydrogens is 264 g/mol. The van der Waals surface area contributed by atoms with E-state index in [1.54, 1.807) is 24.0 Å². The van der Waals surface area contributed by atoms with E-state index in [1.165, 1.54) is 6.07 Å². The van der Waals surface area contributed by atoms with Gasteiger partial charge in [0, 0.05) is 31.1 Å². The van der Waals surface area contributed by atoms with Gasteiger partial charge in [0.2, 0.25) is 0 Å². The summed E-state index contributed by atoms with van der Waals surface area (Å²) in [6.45, 7) is 2.19. The van der Waals surface area contributed by atoms with Crippen molar-refractivity contribution in [1.29, 1.82) is 0 Å². The second-order valence-electron chi connectivity index (χ2n) is 4.99. The van der Waals surface area contributed by atoms with Crippen molar-refractivity contribution >= 4 is 11.7 Å². The van der Waals surface area contributed by atoms with Crippen LogP contribution in [0.2, 0.25) is 0 Å². The molecule has 0 aromatic heterocycles. The number of β-amino-alcohol motifs (C(OH)–C–C–N with tert-alkyl or cyclic N) is 1. The molecule has 0 bridgehead atoms. The number of nitro benzene ring substituents is 1. The first-order valence-corrected chi connectivity index (χ1v) is 6.28. The summed E-state index contributed by atoms with van der Waals surface area (Å²) in [5.74, 6) is -0.982. The predicted molar refractivity (Wildman–Crippen MR) is 70.3 cm³/mol. The summed E-state index contributed by atoms with van der Waals surface area (Å²) in [5, 5.41) is 29.6. The first-order chi connectivity index (χ1) is 9.40. The lowest BCUT2D eigenvalue weighted by molar-refractivity contribution is -0.385. The highest BCUT2D eigenvalue weighted by molar-refractivity contribution is 5.74. The van der Waals surface area contributed by atoms with E-state index in [2.05, 4.69) is 0 Å². The third kappa shape index (κ3) is 2.78. The summed E-state index contributed by atoms with van der Waals surface area (Å²) in [6, 6.07) is 4.00. The Morgan fingerprint density at radius 2 is 2.25 bits per heavy atom. The van der Waals surface area contributed by atoms with Crippen LogP contribution in [0.3, 0.4) is 0 Å². The number of carboxylic acid groups (broad SMARTS) is 1. The summed E-state index contributed by atoms with van der Waals surface area (Å²) in [6.07, 6.45) is -0.487. The maximum atomic E-state index is 11.1. The molecule has 7 nitrogen and oxygen atoms in total. The van der Waals surface area contributed by atoms with Crippen molar-refractivity contribution in [3.05, 3.63) is 39.4 Å². The van der Waals surface area contributed by atoms with Gasteiger partial charge in [-0.2, -0.15) is 0 Å². The van der Waals surface area contributed by atoms with Crippen LogP contribution >= 0.6 is 0 Å². The maximum Gasteiger partial charge on any atom is 0.321 e. The number of aliphatic carboxylic acids is 1. The van der Waals surface area contributed by atoms with Crippen LogP contribution in [-0.4, -0.2) is 44.7 Å². The molecule has 0 spiro atoms. The molecule has 2 unspecified atom stereocenters. The van der Waals surface area contributed by atoms with Crippen molar-refractivity contribution in [3.8, 4) is 0 Å². The second-order valence-corrected chi connectivity index (χ2v) is 4.99. The first-order valence-electron chi connectivity index (χ1n) is 6.28. The van der Waals surface area contributed by atoms with Crippen LogP contribution < -0.4 is 0 Å². The maximum absolute atomic E-state index is 11.1. The smallest absolute Gasteiger partial charge is 0.321 e. The summed E-state index contributed by atoms with van der Waals surface area (Å²) < 4.78 is 0. The first kappa shape index (κ1) is 14.4. The van der Waals surface area contributed by atoms with Gasteiger partial charge in [-0.3, -0.25) is 19.8 Å². The van der Waals surface area contributed by atoms with Gasteiger partial charge < -0.3 is 10.2 Å². The Balaban J connectivity index is 2.24. The van der Waals surface area contributed by atoms with E-state index in [4.69, 9.17) is 5.11 Å². The largest absolute Gasteiger partial charge is 0.480 e. The molecule has 0 radical (unpaired) electrons. The number of benzene rings is 1. The average molecular weight is 280 g/mol. The zero-order valence-electron chi connectivity index (χ0n) is 11.0. The van der Waals surface area contributed by atoms with Gasteiger partial charge in [-0.05, 0) is 12.5 Å². The summed E-state index contributed by atoms with van der Waals surface area (Å²) in [4.78, 5) is 23.2. The minimum Gasteiger partial charge on any atom is -0.480 e. The third-order valence-electron chi connectivity index (χ3n) is 3.65. The molecule has 1 aromatic rings. The highest BCUT2D eigenvalue weighted by Crippen LogP contribution is 2.26. The van der Waals surface area contributed by atoms with Crippen LogP contribution in [0.4, 0.5) is 5.69 Å². The van der Waals surface area contributed by atoms with E-state index < -0.39 is 23.0 Å². The summed E-state index contributed by atoms with van der Waals surface area (Å²) in [7, 11) is 0. The lowest BCUT2D eigenvalue weighted by atomic mass is 10.1. The Morgan fingerprint density at radius 1 is 1.55 bits per heavy atom. The molecule has 1 heterocycles. The number of likely N-dealkylation sites (tertiary alicyclic amines) is 1. The molecular formula is C13H16N2O5. The highest BCUT2D eigenvalue weighted by atomic mass is 16.6. The quantitative estimate of drug-likeness (QED) is 0.628. The molecule has 1 aliphatic rings. The van der Waals surface area contributed by atoms with Crippen LogP contribution in [0, 0.1) is 17.0 Å². The Labute approximate surface area is 115 Å². The van der Waals surface area contributed by atoms with Crippen molar-refractivity contribution in [2.75, 3.05) is 6.54 Å². The lowest BCUT2D eigenvalue weighted by Crippen LogP contribution is -2.35. The summed E-state index contributed by atoms with van der Waals surface area (Å²) >= 11 is 0. The van der Waals surface area contributed by atoms with E-state index in [0.717, 1.165) is 0 Å². The molecule has 20 heavy (non-hydrogen) atoms. The SMILES string of the molecule is Cc1c(CN2CC(O)CC2C(=O)O)cccc1[N+](=O)[O-]. The standard InChI is InChI=1S/C13H16N2O5/c1-8-9(3-2-4-11(8)15(19)20)6-14-7-10(16)5-12(14)13(17)18/h2-4,10,12,16H,5-7H2,1H3,(H,17,18). The fourth-order valence-electron chi connectivity index (χ4n) is 2.57. The number of nitrogens with zero attached hydrogens (tertiary/aromatic N) is 2. The van der Waals surface area contributed by atoms with E-state index in [-0.39, 0.29) is 25.2 Å². The van der Waals surface area contributed by atoms with Gasteiger partial charge in [0.25, 0.3) is 5.69 Å². The van der Waals surface area contributed by atoms with Gasteiger partial charge in [0.05, 0.1) is 11.0 Å². The van der Waals surface area contributed by atoms with Crippen LogP contribution in [0.1, 0.15) is 17.5 Å². The van der Waals surface area contributed by atoms with E-state index >= 15 is 0 Å². The number of aliphatic hydroxyl groups excluding tert-OH is 1. The molecule has 2 rings (SSSR count). The van der Waals surface area contributed by atoms with Gasteiger partial charge >= 0.3 is 5.97 Å². The second kappa shape index (κ2) is 5.56. The number of carboxylic acids is 1. The zero-order chi connectivity index (χ0) is 14.9.